The van der Waals surface area contributed by atoms with Crippen molar-refractivity contribution >= 4 is 29.0 Å². The van der Waals surface area contributed by atoms with E-state index in [0.29, 0.717) is 5.69 Å². The maximum Gasteiger partial charge on any atom is 0.407 e. The number of likely N-dealkylation sites (tertiary alicyclic amines) is 1. The normalized spacial score (nSPS) is 16.0. The van der Waals surface area contributed by atoms with Crippen molar-refractivity contribution in [2.45, 2.75) is 45.3 Å². The van der Waals surface area contributed by atoms with Crippen LogP contribution in [-0.4, -0.2) is 40.7 Å². The second-order valence-corrected chi connectivity index (χ2v) is 7.19. The highest BCUT2D eigenvalue weighted by molar-refractivity contribution is 7.80. The molecule has 0 spiro atoms. The molecule has 1 aromatic rings. The van der Waals surface area contributed by atoms with Crippen LogP contribution in [0.25, 0.3) is 0 Å². The predicted molar refractivity (Wildman–Crippen MR) is 96.5 cm³/mol. The fourth-order valence-corrected chi connectivity index (χ4v) is 2.93. The Kier molecular flexibility index (Phi) is 5.46. The summed E-state index contributed by atoms with van der Waals surface area (Å²) >= 11 is 5.56. The van der Waals surface area contributed by atoms with Crippen molar-refractivity contribution in [2.24, 2.45) is 0 Å². The van der Waals surface area contributed by atoms with Crippen molar-refractivity contribution in [1.82, 2.24) is 10.2 Å². The summed E-state index contributed by atoms with van der Waals surface area (Å²) in [5, 5.41) is 2.93. The van der Waals surface area contributed by atoms with Gasteiger partial charge in [-0.05, 0) is 45.7 Å². The van der Waals surface area contributed by atoms with E-state index in [4.69, 9.17) is 22.7 Å². The molecule has 1 aliphatic heterocycles. The Hall–Kier alpha value is -1.82. The molecule has 5 nitrogen and oxygen atoms in total. The molecule has 0 radical (unpaired) electrons. The third kappa shape index (κ3) is 5.10. The molecular formula is C17H25N3O2S. The average molecular weight is 335 g/mol. The summed E-state index contributed by atoms with van der Waals surface area (Å²) in [6.45, 7) is 7.18. The molecule has 1 saturated heterocycles. The quantitative estimate of drug-likeness (QED) is 0.642. The molecule has 0 saturated carbocycles. The topological polar surface area (TPSA) is 67.6 Å². The number of ether oxygens (including phenoxy) is 1. The second-order valence-electron chi connectivity index (χ2n) is 6.80. The number of nitrogens with one attached hydrogen (secondary N) is 1. The molecule has 0 aliphatic carbocycles. The zero-order valence-corrected chi connectivity index (χ0v) is 14.8. The zero-order chi connectivity index (χ0) is 17.0. The van der Waals surface area contributed by atoms with Crippen molar-refractivity contribution in [3.05, 3.63) is 29.8 Å². The number of nitrogen functional groups attached to an aromatic ring is 1. The Bertz CT molecular complexity index is 575. The van der Waals surface area contributed by atoms with Crippen LogP contribution in [0.5, 0.6) is 0 Å². The fraction of sp³-hybridized carbons (Fsp3) is 0.529. The molecule has 0 aromatic heterocycles. The number of benzene rings is 1. The van der Waals surface area contributed by atoms with Gasteiger partial charge in [0.15, 0.2) is 0 Å². The highest BCUT2D eigenvalue weighted by atomic mass is 32.1. The molecule has 6 heteroatoms. The first-order chi connectivity index (χ1) is 10.8. The van der Waals surface area contributed by atoms with Crippen LogP contribution < -0.4 is 11.1 Å². The van der Waals surface area contributed by atoms with Crippen molar-refractivity contribution in [3.63, 3.8) is 0 Å². The number of hydrogen-bond donors (Lipinski definition) is 2. The minimum absolute atomic E-state index is 0.122. The summed E-state index contributed by atoms with van der Waals surface area (Å²) < 4.78 is 5.29. The van der Waals surface area contributed by atoms with Gasteiger partial charge in [-0.15, -0.1) is 0 Å². The largest absolute Gasteiger partial charge is 0.444 e. The molecule has 1 heterocycles. The lowest BCUT2D eigenvalue weighted by atomic mass is 10.0. The Balaban J connectivity index is 1.85. The number of rotatable bonds is 2. The summed E-state index contributed by atoms with van der Waals surface area (Å²) in [5.74, 6) is 0. The van der Waals surface area contributed by atoms with Gasteiger partial charge in [0.05, 0.1) is 0 Å². The molecule has 1 aliphatic rings. The number of carbonyl (C=O) groups excluding carboxylic acids is 1. The molecular weight excluding hydrogens is 310 g/mol. The highest BCUT2D eigenvalue weighted by Crippen LogP contribution is 2.19. The molecule has 1 fully saturated rings. The van der Waals surface area contributed by atoms with Crippen molar-refractivity contribution in [1.29, 1.82) is 0 Å². The van der Waals surface area contributed by atoms with Gasteiger partial charge in [-0.25, -0.2) is 4.79 Å². The molecule has 23 heavy (non-hydrogen) atoms. The minimum Gasteiger partial charge on any atom is -0.444 e. The summed E-state index contributed by atoms with van der Waals surface area (Å²) in [4.78, 5) is 14.7. The van der Waals surface area contributed by atoms with E-state index in [9.17, 15) is 4.79 Å². The van der Waals surface area contributed by atoms with Crippen molar-refractivity contribution in [2.75, 3.05) is 18.8 Å². The Morgan fingerprint density at radius 2 is 1.91 bits per heavy atom. The highest BCUT2D eigenvalue weighted by Gasteiger charge is 2.25. The summed E-state index contributed by atoms with van der Waals surface area (Å²) in [7, 11) is 0. The second kappa shape index (κ2) is 7.17. The molecule has 126 valence electrons. The number of thiocarbonyl (C=S) groups is 1. The average Bonchev–Trinajstić information content (AvgIpc) is 2.46. The lowest BCUT2D eigenvalue weighted by Gasteiger charge is -2.34. The van der Waals surface area contributed by atoms with Crippen molar-refractivity contribution < 1.29 is 9.53 Å². The van der Waals surface area contributed by atoms with Crippen LogP contribution in [-0.2, 0) is 4.74 Å². The Labute approximate surface area is 143 Å². The van der Waals surface area contributed by atoms with Gasteiger partial charge >= 0.3 is 6.09 Å². The van der Waals surface area contributed by atoms with Gasteiger partial charge in [0, 0.05) is 30.4 Å². The van der Waals surface area contributed by atoms with Crippen LogP contribution in [0.1, 0.15) is 39.2 Å². The third-order valence-corrected chi connectivity index (χ3v) is 4.17. The number of carbonyl (C=O) groups is 1. The smallest absolute Gasteiger partial charge is 0.407 e. The first kappa shape index (κ1) is 17.5. The van der Waals surface area contributed by atoms with Crippen LogP contribution in [0.2, 0.25) is 0 Å². The molecule has 0 unspecified atom stereocenters. The van der Waals surface area contributed by atoms with Gasteiger partial charge in [0.25, 0.3) is 0 Å². The van der Waals surface area contributed by atoms with Gasteiger partial charge in [0.1, 0.15) is 10.6 Å². The summed E-state index contributed by atoms with van der Waals surface area (Å²) in [5.41, 5.74) is 7.12. The van der Waals surface area contributed by atoms with Crippen molar-refractivity contribution in [3.8, 4) is 0 Å². The number of alkyl carbamates (subject to hydrolysis) is 1. The van der Waals surface area contributed by atoms with Gasteiger partial charge < -0.3 is 20.7 Å². The van der Waals surface area contributed by atoms with E-state index in [1.54, 1.807) is 0 Å². The van der Waals surface area contributed by atoms with Crippen LogP contribution in [0, 0.1) is 0 Å². The lowest BCUT2D eigenvalue weighted by molar-refractivity contribution is 0.0488. The lowest BCUT2D eigenvalue weighted by Crippen LogP contribution is -2.47. The van der Waals surface area contributed by atoms with Crippen LogP contribution in [0.4, 0.5) is 10.5 Å². The number of anilines is 1. The van der Waals surface area contributed by atoms with Gasteiger partial charge in [-0.3, -0.25) is 0 Å². The Morgan fingerprint density at radius 3 is 2.48 bits per heavy atom. The Morgan fingerprint density at radius 1 is 1.30 bits per heavy atom. The van der Waals surface area contributed by atoms with E-state index in [1.165, 1.54) is 0 Å². The molecule has 0 atom stereocenters. The monoisotopic (exact) mass is 335 g/mol. The van der Waals surface area contributed by atoms with Gasteiger partial charge in [-0.1, -0.05) is 24.4 Å². The van der Waals surface area contributed by atoms with Gasteiger partial charge in [-0.2, -0.15) is 0 Å². The number of amides is 1. The first-order valence-electron chi connectivity index (χ1n) is 7.89. The number of nitrogens with zero attached hydrogens (tertiary/aromatic N) is 1. The molecule has 2 rings (SSSR count). The number of nitrogens with two attached hydrogens (primary N) is 1. The molecule has 1 amide bonds. The van der Waals surface area contributed by atoms with E-state index in [2.05, 4.69) is 10.2 Å². The van der Waals surface area contributed by atoms with E-state index >= 15 is 0 Å². The van der Waals surface area contributed by atoms with E-state index < -0.39 is 5.60 Å². The van der Waals surface area contributed by atoms with Gasteiger partial charge in [0.2, 0.25) is 0 Å². The third-order valence-electron chi connectivity index (χ3n) is 3.69. The SMILES string of the molecule is CC(C)(C)OC(=O)NC1CCN(C(=S)c2ccccc2N)CC1. The van der Waals surface area contributed by atoms with Crippen LogP contribution >= 0.6 is 12.2 Å². The predicted octanol–water partition coefficient (Wildman–Crippen LogP) is 2.93. The first-order valence-corrected chi connectivity index (χ1v) is 8.30. The molecule has 0 bridgehead atoms. The van der Waals surface area contributed by atoms with E-state index in [1.807, 2.05) is 45.0 Å². The summed E-state index contributed by atoms with van der Waals surface area (Å²) in [6, 6.07) is 7.77. The maximum absolute atomic E-state index is 11.8. The number of piperidine rings is 1. The van der Waals surface area contributed by atoms with Crippen LogP contribution in [0.3, 0.4) is 0 Å². The number of hydrogen-bond acceptors (Lipinski definition) is 4. The maximum atomic E-state index is 11.8. The van der Waals surface area contributed by atoms with E-state index in [0.717, 1.165) is 36.5 Å². The minimum atomic E-state index is -0.475. The van der Waals surface area contributed by atoms with Crippen LogP contribution in [0.15, 0.2) is 24.3 Å². The molecule has 1 aromatic carbocycles. The fourth-order valence-electron chi connectivity index (χ4n) is 2.56. The standard InChI is InChI=1S/C17H25N3O2S/c1-17(2,3)22-16(21)19-12-8-10-20(11-9-12)15(23)13-6-4-5-7-14(13)18/h4-7,12H,8-11,18H2,1-3H3,(H,19,21). The number of para-hydroxylation sites is 1. The zero-order valence-electron chi connectivity index (χ0n) is 14.0. The molecule has 3 N–H and O–H groups in total. The summed E-state index contributed by atoms with van der Waals surface area (Å²) in [6.07, 6.45) is 1.32. The van der Waals surface area contributed by atoms with E-state index in [-0.39, 0.29) is 12.1 Å².